The van der Waals surface area contributed by atoms with Gasteiger partial charge in [-0.05, 0) is 62.3 Å². The van der Waals surface area contributed by atoms with Crippen molar-refractivity contribution in [1.82, 2.24) is 5.32 Å². The summed E-state index contributed by atoms with van der Waals surface area (Å²) in [5, 5.41) is 16.3. The van der Waals surface area contributed by atoms with Gasteiger partial charge >= 0.3 is 5.97 Å². The van der Waals surface area contributed by atoms with Crippen LogP contribution in [0, 0.1) is 23.7 Å². The lowest BCUT2D eigenvalue weighted by Gasteiger charge is -2.23. The molecule has 7 heteroatoms. The van der Waals surface area contributed by atoms with Crippen LogP contribution in [-0.4, -0.2) is 28.9 Å². The number of carboxylic acid groups (broad SMARTS) is 1. The average molecular weight is 401 g/mol. The van der Waals surface area contributed by atoms with Gasteiger partial charge < -0.3 is 15.7 Å². The molecule has 4 aliphatic rings. The van der Waals surface area contributed by atoms with E-state index >= 15 is 0 Å². The predicted octanol–water partition coefficient (Wildman–Crippen LogP) is 2.98. The van der Waals surface area contributed by atoms with Crippen molar-refractivity contribution in [1.29, 1.82) is 0 Å². The highest BCUT2D eigenvalue weighted by atomic mass is 32.1. The Morgan fingerprint density at radius 1 is 1.04 bits per heavy atom. The van der Waals surface area contributed by atoms with Crippen LogP contribution in [0.5, 0.6) is 0 Å². The van der Waals surface area contributed by atoms with E-state index in [0.717, 1.165) is 50.5 Å². The summed E-state index contributed by atoms with van der Waals surface area (Å²) in [6.07, 6.45) is 10.6. The number of aryl methyl sites for hydroxylation is 1. The van der Waals surface area contributed by atoms with Crippen molar-refractivity contribution >= 4 is 34.1 Å². The lowest BCUT2D eigenvalue weighted by molar-refractivity contribution is -0.146. The van der Waals surface area contributed by atoms with Crippen LogP contribution in [0.3, 0.4) is 0 Å². The van der Waals surface area contributed by atoms with E-state index in [-0.39, 0.29) is 29.7 Å². The van der Waals surface area contributed by atoms with Gasteiger partial charge in [-0.25, -0.2) is 0 Å². The van der Waals surface area contributed by atoms with Crippen molar-refractivity contribution in [2.24, 2.45) is 23.7 Å². The van der Waals surface area contributed by atoms with E-state index in [1.54, 1.807) is 0 Å². The molecule has 2 amide bonds. The molecule has 0 aliphatic heterocycles. The summed E-state index contributed by atoms with van der Waals surface area (Å²) in [6.45, 7) is 0. The topological polar surface area (TPSA) is 95.5 Å². The van der Waals surface area contributed by atoms with Crippen LogP contribution in [0.25, 0.3) is 0 Å². The summed E-state index contributed by atoms with van der Waals surface area (Å²) >= 11 is 1.50. The molecule has 2 bridgehead atoms. The second kappa shape index (κ2) is 6.72. The maximum absolute atomic E-state index is 13.1. The van der Waals surface area contributed by atoms with Crippen LogP contribution < -0.4 is 10.6 Å². The number of amides is 2. The largest absolute Gasteiger partial charge is 0.481 e. The Labute approximate surface area is 167 Å². The summed E-state index contributed by atoms with van der Waals surface area (Å²) in [6, 6.07) is 0.252. The number of nitrogens with one attached hydrogen (secondary N) is 2. The van der Waals surface area contributed by atoms with Crippen LogP contribution in [0.4, 0.5) is 5.00 Å². The Hall–Kier alpha value is -2.15. The number of fused-ring (bicyclic) bond motifs is 3. The first kappa shape index (κ1) is 17.9. The normalized spacial score (nSPS) is 30.1. The quantitative estimate of drug-likeness (QED) is 0.662. The molecule has 2 fully saturated rings. The number of hydrogen-bond donors (Lipinski definition) is 3. The third-order valence-electron chi connectivity index (χ3n) is 6.59. The number of rotatable bonds is 5. The molecule has 0 unspecified atom stereocenters. The van der Waals surface area contributed by atoms with E-state index < -0.39 is 17.8 Å². The second-order valence-electron chi connectivity index (χ2n) is 8.49. The zero-order valence-electron chi connectivity index (χ0n) is 15.6. The first-order valence-electron chi connectivity index (χ1n) is 10.2. The van der Waals surface area contributed by atoms with E-state index in [4.69, 9.17) is 0 Å². The van der Waals surface area contributed by atoms with E-state index in [0.29, 0.717) is 10.6 Å². The minimum absolute atomic E-state index is 0.0237. The molecule has 0 saturated heterocycles. The average Bonchev–Trinajstić information content (AvgIpc) is 3.10. The number of aliphatic carboxylic acids is 1. The number of allylic oxidation sites excluding steroid dienone is 2. The SMILES string of the molecule is O=C(NC1CC1)c1c(NC(=O)[C@@H]2[C@H](C(=O)O)[C@@H]3C=C[C@H]2C3)sc2c1CCCC2. The van der Waals surface area contributed by atoms with Crippen molar-refractivity contribution in [3.63, 3.8) is 0 Å². The predicted molar refractivity (Wildman–Crippen MR) is 105 cm³/mol. The number of anilines is 1. The zero-order chi connectivity index (χ0) is 19.4. The molecule has 6 nitrogen and oxygen atoms in total. The van der Waals surface area contributed by atoms with Gasteiger partial charge in [0.2, 0.25) is 5.91 Å². The number of carbonyl (C=O) groups excluding carboxylic acids is 2. The van der Waals surface area contributed by atoms with Gasteiger partial charge in [0.1, 0.15) is 5.00 Å². The van der Waals surface area contributed by atoms with Crippen molar-refractivity contribution in [3.8, 4) is 0 Å². The Kier molecular flexibility index (Phi) is 4.30. The standard InChI is InChI=1S/C21H24N2O4S/c24-18(15-10-5-6-11(9-10)16(15)21(26)27)23-20-17(19(25)22-12-7-8-12)13-3-1-2-4-14(13)28-20/h5-6,10-12,15-16H,1-4,7-9H2,(H,22,25)(H,23,24)(H,26,27)/t10-,11+,15-,16+/m0/s1. The van der Waals surface area contributed by atoms with Crippen LogP contribution in [-0.2, 0) is 22.4 Å². The van der Waals surface area contributed by atoms with E-state index in [9.17, 15) is 19.5 Å². The molecule has 5 rings (SSSR count). The van der Waals surface area contributed by atoms with Gasteiger partial charge in [-0.1, -0.05) is 12.2 Å². The third-order valence-corrected chi connectivity index (χ3v) is 7.80. The fourth-order valence-electron chi connectivity index (χ4n) is 5.09. The first-order valence-corrected chi connectivity index (χ1v) is 11.0. The Morgan fingerprint density at radius 2 is 1.75 bits per heavy atom. The van der Waals surface area contributed by atoms with E-state index in [2.05, 4.69) is 10.6 Å². The summed E-state index contributed by atoms with van der Waals surface area (Å²) in [4.78, 5) is 38.9. The van der Waals surface area contributed by atoms with Crippen LogP contribution in [0.2, 0.25) is 0 Å². The fraction of sp³-hybridized carbons (Fsp3) is 0.571. The summed E-state index contributed by atoms with van der Waals surface area (Å²) < 4.78 is 0. The van der Waals surface area contributed by atoms with Gasteiger partial charge in [0, 0.05) is 10.9 Å². The lowest BCUT2D eigenvalue weighted by atomic mass is 9.82. The summed E-state index contributed by atoms with van der Waals surface area (Å²) in [5.74, 6) is -2.59. The molecular formula is C21H24N2O4S. The van der Waals surface area contributed by atoms with Gasteiger partial charge in [-0.2, -0.15) is 0 Å². The number of carboxylic acids is 1. The highest BCUT2D eigenvalue weighted by molar-refractivity contribution is 7.17. The van der Waals surface area contributed by atoms with Crippen LogP contribution in [0.15, 0.2) is 12.2 Å². The molecule has 4 atom stereocenters. The van der Waals surface area contributed by atoms with E-state index in [1.165, 1.54) is 16.2 Å². The summed E-state index contributed by atoms with van der Waals surface area (Å²) in [7, 11) is 0. The minimum Gasteiger partial charge on any atom is -0.481 e. The third kappa shape index (κ3) is 2.96. The Balaban J connectivity index is 1.43. The molecular weight excluding hydrogens is 376 g/mol. The highest BCUT2D eigenvalue weighted by Gasteiger charge is 2.51. The molecule has 0 aromatic carbocycles. The molecule has 1 aromatic rings. The first-order chi connectivity index (χ1) is 13.5. The molecule has 28 heavy (non-hydrogen) atoms. The zero-order valence-corrected chi connectivity index (χ0v) is 16.4. The van der Waals surface area contributed by atoms with Gasteiger partial charge in [-0.15, -0.1) is 11.3 Å². The molecule has 0 spiro atoms. The molecule has 3 N–H and O–H groups in total. The van der Waals surface area contributed by atoms with Crippen LogP contribution >= 0.6 is 11.3 Å². The number of carbonyl (C=O) groups is 3. The number of hydrogen-bond acceptors (Lipinski definition) is 4. The van der Waals surface area contributed by atoms with Gasteiger partial charge in [-0.3, -0.25) is 14.4 Å². The second-order valence-corrected chi connectivity index (χ2v) is 9.60. The maximum Gasteiger partial charge on any atom is 0.307 e. The highest BCUT2D eigenvalue weighted by Crippen LogP contribution is 2.49. The Morgan fingerprint density at radius 3 is 2.46 bits per heavy atom. The lowest BCUT2D eigenvalue weighted by Crippen LogP contribution is -2.36. The van der Waals surface area contributed by atoms with Crippen molar-refractivity contribution in [2.75, 3.05) is 5.32 Å². The van der Waals surface area contributed by atoms with Gasteiger partial charge in [0.25, 0.3) is 5.91 Å². The maximum atomic E-state index is 13.1. The molecule has 0 radical (unpaired) electrons. The van der Waals surface area contributed by atoms with E-state index in [1.807, 2.05) is 12.2 Å². The van der Waals surface area contributed by atoms with Crippen molar-refractivity contribution in [2.45, 2.75) is 51.0 Å². The molecule has 2 saturated carbocycles. The van der Waals surface area contributed by atoms with Gasteiger partial charge in [0.05, 0.1) is 17.4 Å². The van der Waals surface area contributed by atoms with Crippen molar-refractivity contribution in [3.05, 3.63) is 28.2 Å². The molecule has 4 aliphatic carbocycles. The minimum atomic E-state index is -0.908. The van der Waals surface area contributed by atoms with Crippen LogP contribution in [0.1, 0.15) is 52.9 Å². The van der Waals surface area contributed by atoms with Gasteiger partial charge in [0.15, 0.2) is 0 Å². The monoisotopic (exact) mass is 400 g/mol. The fourth-order valence-corrected chi connectivity index (χ4v) is 6.38. The molecule has 148 valence electrons. The number of thiophene rings is 1. The smallest absolute Gasteiger partial charge is 0.307 e. The van der Waals surface area contributed by atoms with Crippen molar-refractivity contribution < 1.29 is 19.5 Å². The molecule has 1 aromatic heterocycles. The molecule has 1 heterocycles. The Bertz CT molecular complexity index is 885. The summed E-state index contributed by atoms with van der Waals surface area (Å²) in [5.41, 5.74) is 1.69.